The maximum absolute atomic E-state index is 13.5. The second-order valence-corrected chi connectivity index (χ2v) is 11.8. The average Bonchev–Trinajstić information content (AvgIpc) is 2.60. The zero-order valence-corrected chi connectivity index (χ0v) is 18.2. The number of rotatable bonds is 3. The molecular formula is C21H26FN3O5S. The molecule has 1 N–H and O–H groups in total. The van der Waals surface area contributed by atoms with Gasteiger partial charge >= 0.3 is 6.03 Å². The third-order valence-corrected chi connectivity index (χ3v) is 8.16. The number of likely N-dealkylation sites (tertiary alicyclic amines) is 2. The molecule has 2 spiro atoms. The monoisotopic (exact) mass is 451 g/mol. The predicted molar refractivity (Wildman–Crippen MR) is 109 cm³/mol. The van der Waals surface area contributed by atoms with Gasteiger partial charge in [0.2, 0.25) is 5.91 Å². The van der Waals surface area contributed by atoms with Gasteiger partial charge in [0.05, 0.1) is 17.0 Å². The first-order valence-corrected chi connectivity index (χ1v) is 12.4. The summed E-state index contributed by atoms with van der Waals surface area (Å²) < 4.78 is 42.8. The summed E-state index contributed by atoms with van der Waals surface area (Å²) in [4.78, 5) is 27.9. The van der Waals surface area contributed by atoms with E-state index in [-0.39, 0.29) is 28.9 Å². The molecule has 1 saturated carbocycles. The van der Waals surface area contributed by atoms with Gasteiger partial charge in [-0.1, -0.05) is 6.07 Å². The second kappa shape index (κ2) is 6.90. The smallest absolute Gasteiger partial charge is 0.320 e. The summed E-state index contributed by atoms with van der Waals surface area (Å²) >= 11 is 0. The lowest BCUT2D eigenvalue weighted by molar-refractivity contribution is -0.142. The molecular weight excluding hydrogens is 425 g/mol. The Labute approximate surface area is 180 Å². The number of amides is 3. The Kier molecular flexibility index (Phi) is 4.60. The zero-order valence-electron chi connectivity index (χ0n) is 17.4. The van der Waals surface area contributed by atoms with E-state index in [4.69, 9.17) is 4.74 Å². The molecule has 4 aliphatic rings. The molecule has 3 amide bonds. The molecule has 3 heterocycles. The molecule has 8 nitrogen and oxygen atoms in total. The Bertz CT molecular complexity index is 1040. The number of hydrogen-bond donors (Lipinski definition) is 1. The van der Waals surface area contributed by atoms with E-state index in [2.05, 4.69) is 5.32 Å². The molecule has 31 heavy (non-hydrogen) atoms. The molecule has 0 bridgehead atoms. The van der Waals surface area contributed by atoms with Crippen molar-refractivity contribution in [1.29, 1.82) is 0 Å². The summed E-state index contributed by atoms with van der Waals surface area (Å²) in [5.74, 6) is -0.346. The Balaban J connectivity index is 1.12. The Morgan fingerprint density at radius 1 is 1.23 bits per heavy atom. The van der Waals surface area contributed by atoms with Gasteiger partial charge in [-0.2, -0.15) is 0 Å². The van der Waals surface area contributed by atoms with E-state index in [9.17, 15) is 22.4 Å². The minimum absolute atomic E-state index is 0.00239. The van der Waals surface area contributed by atoms with Crippen molar-refractivity contribution >= 4 is 21.8 Å². The molecule has 4 fully saturated rings. The highest BCUT2D eigenvalue weighted by atomic mass is 32.2. The van der Waals surface area contributed by atoms with Crippen LogP contribution in [0, 0.1) is 17.2 Å². The highest BCUT2D eigenvalue weighted by Gasteiger charge is 2.56. The number of carbonyl (C=O) groups excluding carboxylic acids is 2. The maximum Gasteiger partial charge on any atom is 0.320 e. The van der Waals surface area contributed by atoms with Crippen molar-refractivity contribution < 1.29 is 27.1 Å². The lowest BCUT2D eigenvalue weighted by atomic mass is 9.56. The van der Waals surface area contributed by atoms with Gasteiger partial charge in [-0.3, -0.25) is 4.79 Å². The second-order valence-electron chi connectivity index (χ2n) is 9.82. The number of morpholine rings is 1. The summed E-state index contributed by atoms with van der Waals surface area (Å²) in [7, 11) is -3.48. The van der Waals surface area contributed by atoms with Crippen molar-refractivity contribution in [3.05, 3.63) is 29.6 Å². The van der Waals surface area contributed by atoms with Crippen molar-refractivity contribution in [2.45, 2.75) is 29.7 Å². The number of halogens is 1. The fraction of sp³-hybridized carbons (Fsp3) is 0.619. The summed E-state index contributed by atoms with van der Waals surface area (Å²) in [6.07, 6.45) is 3.58. The van der Waals surface area contributed by atoms with Crippen LogP contribution in [0.25, 0.3) is 0 Å². The lowest BCUT2D eigenvalue weighted by Gasteiger charge is -2.61. The normalized spacial score (nSPS) is 24.4. The van der Waals surface area contributed by atoms with E-state index in [1.165, 1.54) is 6.07 Å². The van der Waals surface area contributed by atoms with Gasteiger partial charge in [0, 0.05) is 37.8 Å². The van der Waals surface area contributed by atoms with Crippen LogP contribution in [-0.2, 0) is 25.8 Å². The number of urea groups is 1. The van der Waals surface area contributed by atoms with Crippen molar-refractivity contribution in [3.8, 4) is 0 Å². The van der Waals surface area contributed by atoms with Gasteiger partial charge in [0.15, 0.2) is 9.84 Å². The Morgan fingerprint density at radius 3 is 2.55 bits per heavy atom. The van der Waals surface area contributed by atoms with Gasteiger partial charge in [0.1, 0.15) is 12.4 Å². The number of sulfone groups is 1. The first kappa shape index (κ1) is 20.7. The first-order chi connectivity index (χ1) is 14.6. The van der Waals surface area contributed by atoms with Crippen LogP contribution in [0.4, 0.5) is 9.18 Å². The third-order valence-electron chi connectivity index (χ3n) is 6.98. The van der Waals surface area contributed by atoms with Crippen LogP contribution < -0.4 is 5.32 Å². The first-order valence-electron chi connectivity index (χ1n) is 10.5. The molecule has 0 radical (unpaired) electrons. The standard InChI is InChI=1S/C21H26FN3O5S/c1-31(28,29)17-5-16(22)3-2-15(17)4-14-6-20(7-14)9-24(10-20)19(27)25-11-21(12-25)13-30-8-18(26)23-21/h2-3,5,14H,4,6-13H2,1H3,(H,23,26). The molecule has 0 aromatic heterocycles. The number of benzene rings is 1. The van der Waals surface area contributed by atoms with Crippen LogP contribution in [0.2, 0.25) is 0 Å². The van der Waals surface area contributed by atoms with Crippen LogP contribution in [-0.4, -0.2) is 81.3 Å². The number of nitrogens with one attached hydrogen (secondary N) is 1. The topological polar surface area (TPSA) is 96.0 Å². The number of nitrogens with zero attached hydrogens (tertiary/aromatic N) is 2. The van der Waals surface area contributed by atoms with Crippen molar-refractivity contribution in [2.24, 2.45) is 11.3 Å². The van der Waals surface area contributed by atoms with E-state index >= 15 is 0 Å². The van der Waals surface area contributed by atoms with E-state index in [0.29, 0.717) is 50.7 Å². The van der Waals surface area contributed by atoms with E-state index < -0.39 is 21.2 Å². The number of carbonyl (C=O) groups is 2. The highest BCUT2D eigenvalue weighted by molar-refractivity contribution is 7.90. The third kappa shape index (κ3) is 3.69. The van der Waals surface area contributed by atoms with Gasteiger partial charge in [-0.05, 0) is 42.9 Å². The summed E-state index contributed by atoms with van der Waals surface area (Å²) in [6.45, 7) is 2.88. The molecule has 3 aliphatic heterocycles. The van der Waals surface area contributed by atoms with Gasteiger partial charge in [-0.15, -0.1) is 0 Å². The molecule has 1 aromatic carbocycles. The fourth-order valence-corrected chi connectivity index (χ4v) is 6.67. The van der Waals surface area contributed by atoms with Crippen molar-refractivity contribution in [2.75, 3.05) is 45.6 Å². The molecule has 10 heteroatoms. The fourth-order valence-electron chi connectivity index (χ4n) is 5.72. The van der Waals surface area contributed by atoms with Gasteiger partial charge < -0.3 is 19.9 Å². The molecule has 5 rings (SSSR count). The molecule has 0 unspecified atom stereocenters. The maximum atomic E-state index is 13.5. The quantitative estimate of drug-likeness (QED) is 0.734. The minimum Gasteiger partial charge on any atom is -0.369 e. The minimum atomic E-state index is -3.48. The van der Waals surface area contributed by atoms with Gasteiger partial charge in [-0.25, -0.2) is 17.6 Å². The van der Waals surface area contributed by atoms with Crippen LogP contribution in [0.5, 0.6) is 0 Å². The molecule has 1 aliphatic carbocycles. The summed E-state index contributed by atoms with van der Waals surface area (Å²) in [5, 5.41) is 2.93. The Morgan fingerprint density at radius 2 is 1.90 bits per heavy atom. The molecule has 168 valence electrons. The Hall–Kier alpha value is -2.20. The van der Waals surface area contributed by atoms with Crippen LogP contribution in [0.15, 0.2) is 23.1 Å². The molecule has 0 atom stereocenters. The van der Waals surface area contributed by atoms with Crippen LogP contribution in [0.3, 0.4) is 0 Å². The van der Waals surface area contributed by atoms with Crippen LogP contribution in [0.1, 0.15) is 18.4 Å². The van der Waals surface area contributed by atoms with Crippen LogP contribution >= 0.6 is 0 Å². The molecule has 1 aromatic rings. The number of hydrogen-bond acceptors (Lipinski definition) is 5. The highest BCUT2D eigenvalue weighted by Crippen LogP contribution is 2.53. The number of ether oxygens (including phenoxy) is 1. The summed E-state index contributed by atoms with van der Waals surface area (Å²) in [5.41, 5.74) is 0.358. The van der Waals surface area contributed by atoms with E-state index in [1.54, 1.807) is 11.0 Å². The molecule has 3 saturated heterocycles. The SMILES string of the molecule is CS(=O)(=O)c1cc(F)ccc1CC1CC2(C1)CN(C(=O)N1CC3(COCC(=O)N3)C1)C2. The van der Waals surface area contributed by atoms with E-state index in [1.807, 2.05) is 4.90 Å². The van der Waals surface area contributed by atoms with E-state index in [0.717, 1.165) is 25.2 Å². The summed E-state index contributed by atoms with van der Waals surface area (Å²) in [6, 6.07) is 3.97. The lowest BCUT2D eigenvalue weighted by Crippen LogP contribution is -2.78. The van der Waals surface area contributed by atoms with Crippen molar-refractivity contribution in [3.63, 3.8) is 0 Å². The zero-order chi connectivity index (χ0) is 22.0. The van der Waals surface area contributed by atoms with Gasteiger partial charge in [0.25, 0.3) is 0 Å². The average molecular weight is 452 g/mol. The predicted octanol–water partition coefficient (Wildman–Crippen LogP) is 0.805. The van der Waals surface area contributed by atoms with Crippen molar-refractivity contribution in [1.82, 2.24) is 15.1 Å². The largest absolute Gasteiger partial charge is 0.369 e.